The standard InChI is InChI=1S/C9H16N6OS/c1-9(2,15-5-3-10-4-6-15)7(16)11-8-12-13-14-17-8/h10H,3-6H2,1-2H3,(H,11,12,14,16). The maximum absolute atomic E-state index is 12.2. The Hall–Kier alpha value is -1.12. The molecule has 2 heterocycles. The van der Waals surface area contributed by atoms with Gasteiger partial charge in [-0.25, -0.2) is 0 Å². The van der Waals surface area contributed by atoms with E-state index < -0.39 is 5.54 Å². The molecular weight excluding hydrogens is 240 g/mol. The highest BCUT2D eigenvalue weighted by atomic mass is 32.1. The smallest absolute Gasteiger partial charge is 0.246 e. The molecule has 94 valence electrons. The van der Waals surface area contributed by atoms with Gasteiger partial charge in [-0.3, -0.25) is 15.0 Å². The van der Waals surface area contributed by atoms with E-state index in [4.69, 9.17) is 0 Å². The van der Waals surface area contributed by atoms with Gasteiger partial charge < -0.3 is 5.32 Å². The fraction of sp³-hybridized carbons (Fsp3) is 0.778. The molecule has 1 saturated heterocycles. The Bertz CT molecular complexity index is 373. The number of hydrogen-bond donors (Lipinski definition) is 2. The van der Waals surface area contributed by atoms with Crippen molar-refractivity contribution >= 4 is 22.6 Å². The predicted molar refractivity (Wildman–Crippen MR) is 64.9 cm³/mol. The Kier molecular flexibility index (Phi) is 3.65. The quantitative estimate of drug-likeness (QED) is 0.762. The molecular formula is C9H16N6OS. The number of nitrogens with one attached hydrogen (secondary N) is 2. The molecule has 0 atom stereocenters. The van der Waals surface area contributed by atoms with Crippen LogP contribution in [0.3, 0.4) is 0 Å². The Balaban J connectivity index is 2.00. The van der Waals surface area contributed by atoms with E-state index in [1.54, 1.807) is 0 Å². The maximum Gasteiger partial charge on any atom is 0.246 e. The summed E-state index contributed by atoms with van der Waals surface area (Å²) in [6.45, 7) is 7.40. The molecule has 0 unspecified atom stereocenters. The number of aromatic nitrogens is 3. The molecule has 1 amide bonds. The maximum atomic E-state index is 12.2. The van der Waals surface area contributed by atoms with Gasteiger partial charge in [0.25, 0.3) is 0 Å². The van der Waals surface area contributed by atoms with Crippen LogP contribution in [-0.2, 0) is 4.79 Å². The van der Waals surface area contributed by atoms with Crippen LogP contribution < -0.4 is 10.6 Å². The molecule has 0 saturated carbocycles. The van der Waals surface area contributed by atoms with Crippen molar-refractivity contribution in [3.63, 3.8) is 0 Å². The molecule has 2 N–H and O–H groups in total. The van der Waals surface area contributed by atoms with Crippen LogP contribution in [-0.4, -0.2) is 57.3 Å². The molecule has 8 heteroatoms. The predicted octanol–water partition coefficient (Wildman–Crippen LogP) is -0.445. The van der Waals surface area contributed by atoms with Crippen molar-refractivity contribution < 1.29 is 4.79 Å². The second-order valence-corrected chi connectivity index (χ2v) is 5.15. The van der Waals surface area contributed by atoms with Gasteiger partial charge in [-0.05, 0) is 19.1 Å². The fourth-order valence-electron chi connectivity index (χ4n) is 1.80. The van der Waals surface area contributed by atoms with Gasteiger partial charge in [0.1, 0.15) is 0 Å². The summed E-state index contributed by atoms with van der Waals surface area (Å²) in [7, 11) is 0. The molecule has 2 rings (SSSR count). The third kappa shape index (κ3) is 2.76. The number of hydrogen-bond acceptors (Lipinski definition) is 7. The molecule has 7 nitrogen and oxygen atoms in total. The molecule has 1 fully saturated rings. The van der Waals surface area contributed by atoms with E-state index in [0.29, 0.717) is 5.13 Å². The van der Waals surface area contributed by atoms with Crippen LogP contribution in [0.2, 0.25) is 0 Å². The normalized spacial score (nSPS) is 18.0. The highest BCUT2D eigenvalue weighted by molar-refractivity contribution is 7.09. The van der Waals surface area contributed by atoms with Gasteiger partial charge in [-0.1, -0.05) is 9.59 Å². The Morgan fingerprint density at radius 3 is 2.76 bits per heavy atom. The summed E-state index contributed by atoms with van der Waals surface area (Å²) in [5.74, 6) is -0.0713. The lowest BCUT2D eigenvalue weighted by molar-refractivity contribution is -0.126. The first-order chi connectivity index (χ1) is 8.10. The van der Waals surface area contributed by atoms with Crippen LogP contribution in [0.25, 0.3) is 0 Å². The van der Waals surface area contributed by atoms with Crippen LogP contribution >= 0.6 is 11.5 Å². The molecule has 0 aromatic carbocycles. The summed E-state index contributed by atoms with van der Waals surface area (Å²) in [5.41, 5.74) is -0.548. The topological polar surface area (TPSA) is 83.0 Å². The average Bonchev–Trinajstić information content (AvgIpc) is 2.83. The first kappa shape index (κ1) is 12.3. The highest BCUT2D eigenvalue weighted by Gasteiger charge is 2.35. The molecule has 1 aromatic rings. The lowest BCUT2D eigenvalue weighted by Crippen LogP contribution is -2.58. The van der Waals surface area contributed by atoms with Crippen LogP contribution in [0, 0.1) is 0 Å². The fourth-order valence-corrected chi connectivity index (χ4v) is 2.16. The molecule has 0 radical (unpaired) electrons. The Labute approximate surface area is 104 Å². The van der Waals surface area contributed by atoms with Crippen LogP contribution in [0.15, 0.2) is 0 Å². The number of amides is 1. The van der Waals surface area contributed by atoms with E-state index in [0.717, 1.165) is 37.7 Å². The lowest BCUT2D eigenvalue weighted by Gasteiger charge is -2.39. The molecule has 17 heavy (non-hydrogen) atoms. The first-order valence-corrected chi connectivity index (χ1v) is 6.30. The van der Waals surface area contributed by atoms with Crippen molar-refractivity contribution in [1.82, 2.24) is 25.0 Å². The summed E-state index contributed by atoms with van der Waals surface area (Å²) < 4.78 is 3.61. The molecule has 0 aliphatic carbocycles. The van der Waals surface area contributed by atoms with Crippen molar-refractivity contribution in [2.75, 3.05) is 31.5 Å². The number of piperazine rings is 1. The van der Waals surface area contributed by atoms with Gasteiger partial charge in [0.15, 0.2) is 0 Å². The number of rotatable bonds is 3. The molecule has 0 bridgehead atoms. The molecule has 1 aliphatic heterocycles. The third-order valence-corrected chi connectivity index (χ3v) is 3.49. The van der Waals surface area contributed by atoms with Crippen molar-refractivity contribution in [2.24, 2.45) is 0 Å². The SMILES string of the molecule is CC(C)(C(=O)Nc1nnns1)N1CCNCC1. The highest BCUT2D eigenvalue weighted by Crippen LogP contribution is 2.18. The molecule has 1 aliphatic rings. The van der Waals surface area contributed by atoms with E-state index in [1.807, 2.05) is 13.8 Å². The number of nitrogens with zero attached hydrogens (tertiary/aromatic N) is 4. The van der Waals surface area contributed by atoms with E-state index in [-0.39, 0.29) is 5.91 Å². The summed E-state index contributed by atoms with van der Waals surface area (Å²) in [6.07, 6.45) is 0. The third-order valence-electron chi connectivity index (χ3n) is 2.98. The zero-order valence-electron chi connectivity index (χ0n) is 9.93. The molecule has 0 spiro atoms. The summed E-state index contributed by atoms with van der Waals surface area (Å²) >= 11 is 1.08. The van der Waals surface area contributed by atoms with Crippen molar-refractivity contribution in [3.05, 3.63) is 0 Å². The van der Waals surface area contributed by atoms with E-state index >= 15 is 0 Å². The first-order valence-electron chi connectivity index (χ1n) is 5.53. The Morgan fingerprint density at radius 2 is 2.18 bits per heavy atom. The van der Waals surface area contributed by atoms with Crippen LogP contribution in [0.4, 0.5) is 5.13 Å². The van der Waals surface area contributed by atoms with E-state index in [9.17, 15) is 4.79 Å². The van der Waals surface area contributed by atoms with Gasteiger partial charge >= 0.3 is 0 Å². The van der Waals surface area contributed by atoms with Crippen LogP contribution in [0.1, 0.15) is 13.8 Å². The van der Waals surface area contributed by atoms with E-state index in [2.05, 4.69) is 30.3 Å². The zero-order valence-corrected chi connectivity index (χ0v) is 10.8. The van der Waals surface area contributed by atoms with Crippen LogP contribution in [0.5, 0.6) is 0 Å². The average molecular weight is 256 g/mol. The number of carbonyl (C=O) groups excluding carboxylic acids is 1. The lowest BCUT2D eigenvalue weighted by atomic mass is 10.0. The number of anilines is 1. The zero-order chi connectivity index (χ0) is 12.3. The summed E-state index contributed by atoms with van der Waals surface area (Å²) in [5, 5.41) is 13.6. The van der Waals surface area contributed by atoms with Gasteiger partial charge in [-0.15, -0.1) is 0 Å². The largest absolute Gasteiger partial charge is 0.314 e. The Morgan fingerprint density at radius 1 is 1.47 bits per heavy atom. The second kappa shape index (κ2) is 5.03. The van der Waals surface area contributed by atoms with Gasteiger partial charge in [0.2, 0.25) is 11.0 Å². The van der Waals surface area contributed by atoms with Crippen molar-refractivity contribution in [1.29, 1.82) is 0 Å². The van der Waals surface area contributed by atoms with Gasteiger partial charge in [-0.2, -0.15) is 0 Å². The van der Waals surface area contributed by atoms with Crippen molar-refractivity contribution in [2.45, 2.75) is 19.4 Å². The monoisotopic (exact) mass is 256 g/mol. The minimum Gasteiger partial charge on any atom is -0.314 e. The summed E-state index contributed by atoms with van der Waals surface area (Å²) in [6, 6.07) is 0. The minimum atomic E-state index is -0.548. The minimum absolute atomic E-state index is 0.0713. The summed E-state index contributed by atoms with van der Waals surface area (Å²) in [4.78, 5) is 14.3. The molecule has 1 aromatic heterocycles. The van der Waals surface area contributed by atoms with E-state index in [1.165, 1.54) is 0 Å². The van der Waals surface area contributed by atoms with Gasteiger partial charge in [0, 0.05) is 37.7 Å². The second-order valence-electron chi connectivity index (χ2n) is 4.42. The number of carbonyl (C=O) groups is 1. The van der Waals surface area contributed by atoms with Gasteiger partial charge in [0.05, 0.1) is 5.54 Å². The van der Waals surface area contributed by atoms with Crippen molar-refractivity contribution in [3.8, 4) is 0 Å².